The third kappa shape index (κ3) is 2.92. The highest BCUT2D eigenvalue weighted by atomic mass is 16.5. The second-order valence-corrected chi connectivity index (χ2v) is 3.28. The van der Waals surface area contributed by atoms with Crippen molar-refractivity contribution in [3.63, 3.8) is 0 Å². The average Bonchev–Trinajstić information content (AvgIpc) is 2.40. The molecule has 1 N–H and O–H groups in total. The van der Waals surface area contributed by atoms with Crippen LogP contribution in [0.3, 0.4) is 0 Å². The summed E-state index contributed by atoms with van der Waals surface area (Å²) in [6, 6.07) is 7.15. The molecule has 5 nitrogen and oxygen atoms in total. The Morgan fingerprint density at radius 2 is 1.76 bits per heavy atom. The predicted molar refractivity (Wildman–Crippen MR) is 61.0 cm³/mol. The largest absolute Gasteiger partial charge is 0.497 e. The molecule has 0 saturated carbocycles. The maximum Gasteiger partial charge on any atom is 0.237 e. The van der Waals surface area contributed by atoms with Crippen molar-refractivity contribution in [3.8, 4) is 17.4 Å². The summed E-state index contributed by atoms with van der Waals surface area (Å²) < 4.78 is 10.5. The third-order valence-corrected chi connectivity index (χ3v) is 2.13. The van der Waals surface area contributed by atoms with E-state index in [9.17, 15) is 0 Å². The lowest BCUT2D eigenvalue weighted by atomic mass is 10.3. The van der Waals surface area contributed by atoms with Crippen LogP contribution in [0, 0.1) is 0 Å². The molecule has 1 aromatic carbocycles. The maximum atomic E-state index is 8.82. The fourth-order valence-electron chi connectivity index (χ4n) is 1.24. The number of hydrogen-bond donors (Lipinski definition) is 1. The highest BCUT2D eigenvalue weighted by Crippen LogP contribution is 2.21. The van der Waals surface area contributed by atoms with Crippen LogP contribution in [0.5, 0.6) is 17.4 Å². The number of aliphatic hydroxyl groups is 1. The standard InChI is InChI=1S/C12H12N2O3/c1-16-10-2-4-11(5-3-10)17-12-7-13-9(8-15)6-14-12/h2-7,15H,8H2,1H3. The zero-order valence-electron chi connectivity index (χ0n) is 9.33. The van der Waals surface area contributed by atoms with Crippen molar-refractivity contribution < 1.29 is 14.6 Å². The van der Waals surface area contributed by atoms with Crippen LogP contribution in [0.2, 0.25) is 0 Å². The van der Waals surface area contributed by atoms with Crippen LogP contribution in [0.15, 0.2) is 36.7 Å². The van der Waals surface area contributed by atoms with Gasteiger partial charge in [-0.3, -0.25) is 4.98 Å². The summed E-state index contributed by atoms with van der Waals surface area (Å²) in [6.45, 7) is -0.129. The van der Waals surface area contributed by atoms with Crippen molar-refractivity contribution in [2.45, 2.75) is 6.61 Å². The smallest absolute Gasteiger partial charge is 0.237 e. The van der Waals surface area contributed by atoms with E-state index in [4.69, 9.17) is 14.6 Å². The fourth-order valence-corrected chi connectivity index (χ4v) is 1.24. The first-order valence-corrected chi connectivity index (χ1v) is 5.05. The number of nitrogens with zero attached hydrogens (tertiary/aromatic N) is 2. The van der Waals surface area contributed by atoms with Gasteiger partial charge in [0.25, 0.3) is 0 Å². The molecule has 2 aromatic rings. The lowest BCUT2D eigenvalue weighted by Crippen LogP contribution is -1.93. The van der Waals surface area contributed by atoms with Crippen molar-refractivity contribution in [3.05, 3.63) is 42.4 Å². The summed E-state index contributed by atoms with van der Waals surface area (Å²) in [4.78, 5) is 7.98. The van der Waals surface area contributed by atoms with E-state index in [1.54, 1.807) is 31.4 Å². The number of benzene rings is 1. The minimum atomic E-state index is -0.129. The van der Waals surface area contributed by atoms with Gasteiger partial charge in [0.1, 0.15) is 11.5 Å². The molecule has 17 heavy (non-hydrogen) atoms. The van der Waals surface area contributed by atoms with Crippen molar-refractivity contribution in [2.24, 2.45) is 0 Å². The third-order valence-electron chi connectivity index (χ3n) is 2.13. The Kier molecular flexibility index (Phi) is 3.52. The van der Waals surface area contributed by atoms with Crippen molar-refractivity contribution in [2.75, 3.05) is 7.11 Å². The molecule has 0 spiro atoms. The van der Waals surface area contributed by atoms with Gasteiger partial charge in [0.15, 0.2) is 0 Å². The van der Waals surface area contributed by atoms with E-state index >= 15 is 0 Å². The lowest BCUT2D eigenvalue weighted by molar-refractivity contribution is 0.276. The first kappa shape index (κ1) is 11.3. The highest BCUT2D eigenvalue weighted by Gasteiger charge is 2.00. The highest BCUT2D eigenvalue weighted by molar-refractivity contribution is 5.33. The molecule has 0 amide bonds. The summed E-state index contributed by atoms with van der Waals surface area (Å²) in [5, 5.41) is 8.82. The number of ether oxygens (including phenoxy) is 2. The van der Waals surface area contributed by atoms with Crippen molar-refractivity contribution in [1.82, 2.24) is 9.97 Å². The lowest BCUT2D eigenvalue weighted by Gasteiger charge is -2.05. The summed E-state index contributed by atoms with van der Waals surface area (Å²) in [5.41, 5.74) is 0.507. The molecule has 5 heteroatoms. The second-order valence-electron chi connectivity index (χ2n) is 3.28. The van der Waals surface area contributed by atoms with E-state index in [2.05, 4.69) is 9.97 Å². The SMILES string of the molecule is COc1ccc(Oc2cnc(CO)cn2)cc1. The molecule has 0 unspecified atom stereocenters. The van der Waals surface area contributed by atoms with Gasteiger partial charge in [0, 0.05) is 0 Å². The maximum absolute atomic E-state index is 8.82. The molecule has 0 atom stereocenters. The first-order valence-electron chi connectivity index (χ1n) is 5.05. The average molecular weight is 232 g/mol. The van der Waals surface area contributed by atoms with Crippen LogP contribution in [0.4, 0.5) is 0 Å². The summed E-state index contributed by atoms with van der Waals surface area (Å²) in [6.07, 6.45) is 2.94. The van der Waals surface area contributed by atoms with E-state index in [0.29, 0.717) is 17.3 Å². The van der Waals surface area contributed by atoms with Gasteiger partial charge >= 0.3 is 0 Å². The van der Waals surface area contributed by atoms with Gasteiger partial charge in [-0.2, -0.15) is 0 Å². The van der Waals surface area contributed by atoms with Gasteiger partial charge in [-0.15, -0.1) is 0 Å². The van der Waals surface area contributed by atoms with Gasteiger partial charge in [0.05, 0.1) is 31.8 Å². The molecule has 0 aliphatic rings. The van der Waals surface area contributed by atoms with Crippen LogP contribution in [-0.2, 0) is 6.61 Å². The Balaban J connectivity index is 2.08. The van der Waals surface area contributed by atoms with Crippen molar-refractivity contribution in [1.29, 1.82) is 0 Å². The monoisotopic (exact) mass is 232 g/mol. The van der Waals surface area contributed by atoms with Crippen molar-refractivity contribution >= 4 is 0 Å². The number of hydrogen-bond acceptors (Lipinski definition) is 5. The van der Waals surface area contributed by atoms with Crippen LogP contribution in [0.25, 0.3) is 0 Å². The quantitative estimate of drug-likeness (QED) is 0.870. The Morgan fingerprint density at radius 3 is 2.29 bits per heavy atom. The molecule has 88 valence electrons. The number of aliphatic hydroxyl groups excluding tert-OH is 1. The van der Waals surface area contributed by atoms with E-state index in [1.165, 1.54) is 12.4 Å². The molecule has 0 bridgehead atoms. The zero-order chi connectivity index (χ0) is 12.1. The molecule has 1 heterocycles. The van der Waals surface area contributed by atoms with Crippen LogP contribution in [0.1, 0.15) is 5.69 Å². The molecule has 0 fully saturated rings. The second kappa shape index (κ2) is 5.27. The minimum absolute atomic E-state index is 0.129. The molecule has 2 rings (SSSR count). The Morgan fingerprint density at radius 1 is 1.06 bits per heavy atom. The van der Waals surface area contributed by atoms with E-state index in [0.717, 1.165) is 5.75 Å². The molecular formula is C12H12N2O3. The fraction of sp³-hybridized carbons (Fsp3) is 0.167. The minimum Gasteiger partial charge on any atom is -0.497 e. The molecular weight excluding hydrogens is 220 g/mol. The van der Waals surface area contributed by atoms with Gasteiger partial charge in [0.2, 0.25) is 5.88 Å². The molecule has 0 aliphatic heterocycles. The van der Waals surface area contributed by atoms with Gasteiger partial charge < -0.3 is 14.6 Å². The summed E-state index contributed by atoms with van der Waals surface area (Å²) in [7, 11) is 1.61. The Hall–Kier alpha value is -2.14. The molecule has 1 aromatic heterocycles. The van der Waals surface area contributed by atoms with E-state index in [1.807, 2.05) is 0 Å². The summed E-state index contributed by atoms with van der Waals surface area (Å²) >= 11 is 0. The molecule has 0 radical (unpaired) electrons. The van der Waals surface area contributed by atoms with Crippen LogP contribution in [-0.4, -0.2) is 22.2 Å². The van der Waals surface area contributed by atoms with E-state index in [-0.39, 0.29) is 6.61 Å². The summed E-state index contributed by atoms with van der Waals surface area (Å²) in [5.74, 6) is 1.79. The molecule has 0 aliphatic carbocycles. The van der Waals surface area contributed by atoms with Crippen LogP contribution < -0.4 is 9.47 Å². The van der Waals surface area contributed by atoms with Crippen LogP contribution >= 0.6 is 0 Å². The Labute approximate surface area is 98.7 Å². The normalized spacial score (nSPS) is 10.0. The number of aromatic nitrogens is 2. The first-order chi connectivity index (χ1) is 8.31. The predicted octanol–water partition coefficient (Wildman–Crippen LogP) is 1.77. The van der Waals surface area contributed by atoms with E-state index < -0.39 is 0 Å². The zero-order valence-corrected chi connectivity index (χ0v) is 9.33. The molecule has 0 saturated heterocycles. The Bertz CT molecular complexity index is 423. The number of rotatable bonds is 4. The number of methoxy groups -OCH3 is 1. The van der Waals surface area contributed by atoms with Gasteiger partial charge in [-0.25, -0.2) is 4.98 Å². The van der Waals surface area contributed by atoms with Gasteiger partial charge in [-0.05, 0) is 24.3 Å². The van der Waals surface area contributed by atoms with Gasteiger partial charge in [-0.1, -0.05) is 0 Å². The topological polar surface area (TPSA) is 64.5 Å².